The van der Waals surface area contributed by atoms with Crippen molar-refractivity contribution in [1.29, 1.82) is 0 Å². The summed E-state index contributed by atoms with van der Waals surface area (Å²) in [6.45, 7) is 3.30. The van der Waals surface area contributed by atoms with Crippen LogP contribution in [0.25, 0.3) is 21.8 Å². The Balaban J connectivity index is 1.97. The van der Waals surface area contributed by atoms with E-state index in [0.717, 1.165) is 34.3 Å². The number of halogens is 1. The summed E-state index contributed by atoms with van der Waals surface area (Å²) in [5.74, 6) is 1.06. The minimum Gasteiger partial charge on any atom is -0.340 e. The molecule has 2 heterocycles. The van der Waals surface area contributed by atoms with Crippen LogP contribution < -0.4 is 5.32 Å². The Labute approximate surface area is 125 Å². The lowest BCUT2D eigenvalue weighted by Gasteiger charge is -2.21. The van der Waals surface area contributed by atoms with E-state index >= 15 is 0 Å². The van der Waals surface area contributed by atoms with Gasteiger partial charge in [-0.2, -0.15) is 0 Å². The molecule has 0 bridgehead atoms. The lowest BCUT2D eigenvalue weighted by molar-refractivity contribution is 0.412. The largest absolute Gasteiger partial charge is 0.340 e. The maximum absolute atomic E-state index is 4.89. The van der Waals surface area contributed by atoms with Crippen molar-refractivity contribution in [2.45, 2.75) is 25.3 Å². The first kappa shape index (κ1) is 12.4. The fourth-order valence-corrected chi connectivity index (χ4v) is 3.51. The van der Waals surface area contributed by atoms with Crippen molar-refractivity contribution in [3.05, 3.63) is 40.6 Å². The van der Waals surface area contributed by atoms with Gasteiger partial charge in [-0.3, -0.25) is 0 Å². The molecule has 4 rings (SSSR count). The van der Waals surface area contributed by atoms with Gasteiger partial charge in [-0.25, -0.2) is 4.98 Å². The lowest BCUT2D eigenvalue weighted by Crippen LogP contribution is -2.34. The second-order valence-electron chi connectivity index (χ2n) is 5.78. The van der Waals surface area contributed by atoms with E-state index in [9.17, 15) is 0 Å². The summed E-state index contributed by atoms with van der Waals surface area (Å²) in [6.07, 6.45) is 2.34. The highest BCUT2D eigenvalue weighted by molar-refractivity contribution is 9.10. The smallest absolute Gasteiger partial charge is 0.127 e. The second-order valence-corrected chi connectivity index (χ2v) is 6.69. The average molecular weight is 330 g/mol. The summed E-state index contributed by atoms with van der Waals surface area (Å²) >= 11 is 3.53. The molecule has 0 spiro atoms. The first-order valence-electron chi connectivity index (χ1n) is 6.99. The molecule has 0 amide bonds. The zero-order valence-electron chi connectivity index (χ0n) is 11.3. The summed E-state index contributed by atoms with van der Waals surface area (Å²) in [5, 5.41) is 5.99. The molecule has 20 heavy (non-hydrogen) atoms. The molecular formula is C16H16BrN3. The zero-order valence-corrected chi connectivity index (χ0v) is 12.9. The second kappa shape index (κ2) is 4.30. The number of hydrogen-bond donors (Lipinski definition) is 2. The Morgan fingerprint density at radius 3 is 2.95 bits per heavy atom. The van der Waals surface area contributed by atoms with E-state index in [4.69, 9.17) is 4.98 Å². The van der Waals surface area contributed by atoms with Crippen LogP contribution >= 0.6 is 15.9 Å². The van der Waals surface area contributed by atoms with Crippen molar-refractivity contribution >= 4 is 37.7 Å². The number of aromatic amines is 1. The molecule has 0 radical (unpaired) electrons. The van der Waals surface area contributed by atoms with Crippen molar-refractivity contribution < 1.29 is 0 Å². The third-order valence-electron chi connectivity index (χ3n) is 4.32. The molecule has 3 aromatic rings. The number of rotatable bonds is 1. The van der Waals surface area contributed by atoms with Gasteiger partial charge in [-0.1, -0.05) is 28.1 Å². The Kier molecular flexibility index (Phi) is 2.66. The molecule has 1 fully saturated rings. The maximum atomic E-state index is 4.89. The van der Waals surface area contributed by atoms with Crippen molar-refractivity contribution in [3.8, 4) is 0 Å². The van der Waals surface area contributed by atoms with Gasteiger partial charge in [-0.05, 0) is 49.9 Å². The number of fused-ring (bicyclic) bond motifs is 3. The number of aromatic nitrogens is 2. The van der Waals surface area contributed by atoms with Gasteiger partial charge in [0.05, 0.1) is 16.6 Å². The molecule has 1 aliphatic heterocycles. The lowest BCUT2D eigenvalue weighted by atomic mass is 10.00. The summed E-state index contributed by atoms with van der Waals surface area (Å²) < 4.78 is 1.10. The normalized spacial score (nSPS) is 22.9. The molecule has 0 aliphatic carbocycles. The number of nitrogens with zero attached hydrogens (tertiary/aromatic N) is 1. The zero-order chi connectivity index (χ0) is 13.7. The molecular weight excluding hydrogens is 314 g/mol. The number of imidazole rings is 1. The van der Waals surface area contributed by atoms with Gasteiger partial charge in [0.1, 0.15) is 5.82 Å². The Bertz CT molecular complexity index is 800. The minimum atomic E-state index is -0.0132. The highest BCUT2D eigenvalue weighted by Crippen LogP contribution is 2.32. The molecule has 0 saturated carbocycles. The monoisotopic (exact) mass is 329 g/mol. The predicted molar refractivity (Wildman–Crippen MR) is 85.9 cm³/mol. The Morgan fingerprint density at radius 1 is 1.25 bits per heavy atom. The summed E-state index contributed by atoms with van der Waals surface area (Å²) in [4.78, 5) is 8.39. The third-order valence-corrected chi connectivity index (χ3v) is 4.81. The van der Waals surface area contributed by atoms with E-state index < -0.39 is 0 Å². The fraction of sp³-hybridized carbons (Fsp3) is 0.312. The molecule has 3 nitrogen and oxygen atoms in total. The molecule has 1 saturated heterocycles. The highest BCUT2D eigenvalue weighted by atomic mass is 79.9. The molecule has 0 unspecified atom stereocenters. The first-order valence-corrected chi connectivity index (χ1v) is 7.79. The van der Waals surface area contributed by atoms with Crippen molar-refractivity contribution in [2.75, 3.05) is 6.54 Å². The van der Waals surface area contributed by atoms with Crippen LogP contribution in [0.15, 0.2) is 34.8 Å². The van der Waals surface area contributed by atoms with Gasteiger partial charge in [0.2, 0.25) is 0 Å². The van der Waals surface area contributed by atoms with Crippen LogP contribution in [0, 0.1) is 0 Å². The molecule has 4 heteroatoms. The number of hydrogen-bond acceptors (Lipinski definition) is 2. The standard InChI is InChI=1S/C16H16BrN3/c1-16(7-2-8-18-16)15-19-13-6-3-10-9-11(17)4-5-12(10)14(13)20-15/h3-6,9,18H,2,7-8H2,1H3,(H,19,20)/t16-/m1/s1. The van der Waals surface area contributed by atoms with E-state index in [-0.39, 0.29) is 5.54 Å². The quantitative estimate of drug-likeness (QED) is 0.706. The summed E-state index contributed by atoms with van der Waals surface area (Å²) in [5.41, 5.74) is 2.17. The topological polar surface area (TPSA) is 40.7 Å². The molecule has 1 aliphatic rings. The predicted octanol–water partition coefficient (Wildman–Crippen LogP) is 4.08. The van der Waals surface area contributed by atoms with Crippen molar-refractivity contribution in [3.63, 3.8) is 0 Å². The number of H-pyrrole nitrogens is 1. The Hall–Kier alpha value is -1.39. The van der Waals surface area contributed by atoms with Crippen LogP contribution in [0.3, 0.4) is 0 Å². The van der Waals surface area contributed by atoms with Crippen LogP contribution in [0.1, 0.15) is 25.6 Å². The van der Waals surface area contributed by atoms with Crippen LogP contribution in [0.4, 0.5) is 0 Å². The van der Waals surface area contributed by atoms with Crippen molar-refractivity contribution in [2.24, 2.45) is 0 Å². The molecule has 1 atom stereocenters. The fourth-order valence-electron chi connectivity index (χ4n) is 3.13. The average Bonchev–Trinajstić information content (AvgIpc) is 3.05. The number of nitrogens with one attached hydrogen (secondary N) is 2. The van der Waals surface area contributed by atoms with E-state index in [2.05, 4.69) is 63.5 Å². The third kappa shape index (κ3) is 1.79. The van der Waals surface area contributed by atoms with E-state index in [0.29, 0.717) is 0 Å². The van der Waals surface area contributed by atoms with Crippen molar-refractivity contribution in [1.82, 2.24) is 15.3 Å². The number of benzene rings is 2. The van der Waals surface area contributed by atoms with Crippen LogP contribution in [0.2, 0.25) is 0 Å². The Morgan fingerprint density at radius 2 is 2.15 bits per heavy atom. The van der Waals surface area contributed by atoms with E-state index in [1.165, 1.54) is 17.2 Å². The van der Waals surface area contributed by atoms with Gasteiger partial charge in [0, 0.05) is 9.86 Å². The maximum Gasteiger partial charge on any atom is 0.127 e. The molecule has 1 aromatic heterocycles. The van der Waals surface area contributed by atoms with Gasteiger partial charge in [0.15, 0.2) is 0 Å². The first-order chi connectivity index (χ1) is 9.66. The molecule has 102 valence electrons. The van der Waals surface area contributed by atoms with Gasteiger partial charge in [0.25, 0.3) is 0 Å². The van der Waals surface area contributed by atoms with Crippen LogP contribution in [0.5, 0.6) is 0 Å². The van der Waals surface area contributed by atoms with Crippen LogP contribution in [-0.4, -0.2) is 16.5 Å². The van der Waals surface area contributed by atoms with Gasteiger partial charge in [-0.15, -0.1) is 0 Å². The van der Waals surface area contributed by atoms with Gasteiger partial charge >= 0.3 is 0 Å². The van der Waals surface area contributed by atoms with Crippen LogP contribution in [-0.2, 0) is 5.54 Å². The molecule has 2 N–H and O–H groups in total. The van der Waals surface area contributed by atoms with Gasteiger partial charge < -0.3 is 10.3 Å². The summed E-state index contributed by atoms with van der Waals surface area (Å²) in [7, 11) is 0. The van der Waals surface area contributed by atoms with E-state index in [1.807, 2.05) is 0 Å². The highest BCUT2D eigenvalue weighted by Gasteiger charge is 2.33. The molecule has 2 aromatic carbocycles. The summed E-state index contributed by atoms with van der Waals surface area (Å²) in [6, 6.07) is 10.6. The minimum absolute atomic E-state index is 0.0132. The SMILES string of the molecule is C[C@]1(c2nc3c(ccc4cc(Br)ccc43)[nH]2)CCCN1. The van der Waals surface area contributed by atoms with E-state index in [1.54, 1.807) is 0 Å².